The van der Waals surface area contributed by atoms with E-state index in [1.807, 2.05) is 0 Å². The van der Waals surface area contributed by atoms with Gasteiger partial charge >= 0.3 is 0 Å². The molecule has 0 N–H and O–H groups in total. The van der Waals surface area contributed by atoms with Gasteiger partial charge in [-0.15, -0.1) is 0 Å². The highest BCUT2D eigenvalue weighted by Crippen LogP contribution is 2.08. The van der Waals surface area contributed by atoms with Crippen LogP contribution >= 0.6 is 23.2 Å². The molecular weight excluding hydrogens is 195 g/mol. The Kier molecular flexibility index (Phi) is 3.16. The summed E-state index contributed by atoms with van der Waals surface area (Å²) in [7, 11) is 0. The third kappa shape index (κ3) is 2.96. The molecule has 1 rings (SSSR count). The summed E-state index contributed by atoms with van der Waals surface area (Å²) in [5.41, 5.74) is 0.716. The highest BCUT2D eigenvalue weighted by Gasteiger charge is 1.88. The summed E-state index contributed by atoms with van der Waals surface area (Å²) in [6, 6.07) is 6.83. The number of carbonyl (C=O) groups excluding carboxylic acids is 1. The molecule has 0 radical (unpaired) electrons. The van der Waals surface area contributed by atoms with Gasteiger partial charge in [0.15, 0.2) is 0 Å². The van der Waals surface area contributed by atoms with Crippen molar-refractivity contribution in [2.75, 3.05) is 0 Å². The van der Waals surface area contributed by atoms with Gasteiger partial charge in [0.1, 0.15) is 0 Å². The maximum Gasteiger partial charge on any atom is 0.296 e. The van der Waals surface area contributed by atoms with Gasteiger partial charge in [0, 0.05) is 10.6 Å². The van der Waals surface area contributed by atoms with Crippen LogP contribution < -0.4 is 0 Å². The third-order valence-corrected chi connectivity index (χ3v) is 1.50. The van der Waals surface area contributed by atoms with Gasteiger partial charge in [-0.05, 0) is 41.8 Å². The second-order valence-corrected chi connectivity index (χ2v) is 2.81. The lowest BCUT2D eigenvalue weighted by Crippen LogP contribution is -1.77. The van der Waals surface area contributed by atoms with E-state index in [9.17, 15) is 4.79 Å². The molecule has 0 amide bonds. The number of rotatable bonds is 0. The minimum Gasteiger partial charge on any atom is -0.266 e. The van der Waals surface area contributed by atoms with E-state index in [1.54, 1.807) is 24.3 Å². The molecule has 0 atom stereocenters. The van der Waals surface area contributed by atoms with Crippen LogP contribution in [-0.4, -0.2) is 5.24 Å². The summed E-state index contributed by atoms with van der Waals surface area (Å²) in [6.45, 7) is 0. The number of hydrogen-bond acceptors (Lipinski definition) is 1. The molecular formula is C9H4Cl2O. The highest BCUT2D eigenvalue weighted by atomic mass is 35.5. The molecule has 0 bridgehead atoms. The average Bonchev–Trinajstić information content (AvgIpc) is 2.03. The van der Waals surface area contributed by atoms with E-state index in [2.05, 4.69) is 11.8 Å². The van der Waals surface area contributed by atoms with E-state index < -0.39 is 5.24 Å². The van der Waals surface area contributed by atoms with Crippen LogP contribution in [0, 0.1) is 11.8 Å². The minimum atomic E-state index is -0.662. The summed E-state index contributed by atoms with van der Waals surface area (Å²) in [6.07, 6.45) is 0. The third-order valence-electron chi connectivity index (χ3n) is 1.15. The second kappa shape index (κ2) is 4.15. The van der Waals surface area contributed by atoms with Crippen LogP contribution in [0.15, 0.2) is 24.3 Å². The molecule has 0 unspecified atom stereocenters. The molecule has 0 fully saturated rings. The van der Waals surface area contributed by atoms with E-state index in [1.165, 1.54) is 0 Å². The topological polar surface area (TPSA) is 17.1 Å². The first-order valence-corrected chi connectivity index (χ1v) is 3.91. The van der Waals surface area contributed by atoms with E-state index in [-0.39, 0.29) is 0 Å². The quantitative estimate of drug-likeness (QED) is 0.463. The van der Waals surface area contributed by atoms with E-state index in [0.717, 1.165) is 0 Å². The monoisotopic (exact) mass is 198 g/mol. The van der Waals surface area contributed by atoms with Crippen LogP contribution in [0.2, 0.25) is 5.02 Å². The van der Waals surface area contributed by atoms with Crippen LogP contribution in [0.5, 0.6) is 0 Å². The summed E-state index contributed by atoms with van der Waals surface area (Å²) in [5.74, 6) is 4.80. The molecule has 0 aliphatic carbocycles. The molecule has 0 aliphatic rings. The molecule has 60 valence electrons. The van der Waals surface area contributed by atoms with Gasteiger partial charge in [0.2, 0.25) is 0 Å². The molecule has 0 aromatic heterocycles. The van der Waals surface area contributed by atoms with E-state index in [0.29, 0.717) is 10.6 Å². The molecule has 12 heavy (non-hydrogen) atoms. The molecule has 1 aromatic carbocycles. The van der Waals surface area contributed by atoms with Crippen molar-refractivity contribution in [2.45, 2.75) is 0 Å². The lowest BCUT2D eigenvalue weighted by atomic mass is 10.2. The Morgan fingerprint density at radius 2 is 1.83 bits per heavy atom. The zero-order valence-corrected chi connectivity index (χ0v) is 7.49. The number of carbonyl (C=O) groups is 1. The van der Waals surface area contributed by atoms with Gasteiger partial charge in [-0.2, -0.15) is 0 Å². The van der Waals surface area contributed by atoms with Crippen LogP contribution in [-0.2, 0) is 4.79 Å². The van der Waals surface area contributed by atoms with E-state index >= 15 is 0 Å². The Labute approximate surface area is 80.3 Å². The van der Waals surface area contributed by atoms with E-state index in [4.69, 9.17) is 23.2 Å². The van der Waals surface area contributed by atoms with Crippen LogP contribution in [0.4, 0.5) is 0 Å². The van der Waals surface area contributed by atoms with Gasteiger partial charge in [-0.3, -0.25) is 4.79 Å². The number of benzene rings is 1. The predicted molar refractivity (Wildman–Crippen MR) is 49.2 cm³/mol. The lowest BCUT2D eigenvalue weighted by molar-refractivity contribution is -0.107. The van der Waals surface area contributed by atoms with Gasteiger partial charge < -0.3 is 0 Å². The van der Waals surface area contributed by atoms with Crippen molar-refractivity contribution in [3.63, 3.8) is 0 Å². The predicted octanol–water partition coefficient (Wildman–Crippen LogP) is 2.46. The van der Waals surface area contributed by atoms with Crippen molar-refractivity contribution in [3.8, 4) is 11.8 Å². The van der Waals surface area contributed by atoms with Crippen molar-refractivity contribution in [2.24, 2.45) is 0 Å². The summed E-state index contributed by atoms with van der Waals surface area (Å²) in [5, 5.41) is -0.0253. The Balaban J connectivity index is 2.86. The fourth-order valence-electron chi connectivity index (χ4n) is 0.655. The number of halogens is 2. The first kappa shape index (κ1) is 9.12. The smallest absolute Gasteiger partial charge is 0.266 e. The van der Waals surface area contributed by atoms with Gasteiger partial charge in [0.25, 0.3) is 5.24 Å². The Bertz CT molecular complexity index is 343. The van der Waals surface area contributed by atoms with Crippen LogP contribution in [0.25, 0.3) is 0 Å². The molecule has 0 saturated carbocycles. The van der Waals surface area contributed by atoms with Gasteiger partial charge in [0.05, 0.1) is 0 Å². The zero-order chi connectivity index (χ0) is 8.97. The minimum absolute atomic E-state index is 0.637. The fourth-order valence-corrected chi connectivity index (χ4v) is 0.828. The highest BCUT2D eigenvalue weighted by molar-refractivity contribution is 6.68. The fraction of sp³-hybridized carbons (Fsp3) is 0. The SMILES string of the molecule is O=C(Cl)C#Cc1ccc(Cl)cc1. The molecule has 0 spiro atoms. The number of hydrogen-bond donors (Lipinski definition) is 0. The van der Waals surface area contributed by atoms with Crippen molar-refractivity contribution in [1.29, 1.82) is 0 Å². The second-order valence-electron chi connectivity index (χ2n) is 2.03. The Morgan fingerprint density at radius 3 is 2.33 bits per heavy atom. The molecule has 3 heteroatoms. The maximum atomic E-state index is 10.2. The first-order chi connectivity index (χ1) is 5.68. The standard InChI is InChI=1S/C9H4Cl2O/c10-8-4-1-7(2-5-8)3-6-9(11)12/h1-2,4-5H. The lowest BCUT2D eigenvalue weighted by Gasteiger charge is -1.88. The zero-order valence-electron chi connectivity index (χ0n) is 5.97. The van der Waals surface area contributed by atoms with Crippen LogP contribution in [0.1, 0.15) is 5.56 Å². The van der Waals surface area contributed by atoms with Crippen molar-refractivity contribution in [3.05, 3.63) is 34.9 Å². The largest absolute Gasteiger partial charge is 0.296 e. The summed E-state index contributed by atoms with van der Waals surface area (Å²) >= 11 is 10.7. The van der Waals surface area contributed by atoms with Gasteiger partial charge in [-0.1, -0.05) is 17.5 Å². The average molecular weight is 199 g/mol. The first-order valence-electron chi connectivity index (χ1n) is 3.15. The van der Waals surface area contributed by atoms with Crippen LogP contribution in [0.3, 0.4) is 0 Å². The Morgan fingerprint density at radius 1 is 1.25 bits per heavy atom. The molecule has 0 aliphatic heterocycles. The summed E-state index contributed by atoms with van der Waals surface area (Å²) in [4.78, 5) is 10.2. The molecule has 0 heterocycles. The van der Waals surface area contributed by atoms with Crippen molar-refractivity contribution in [1.82, 2.24) is 0 Å². The molecule has 1 aromatic rings. The Hall–Kier alpha value is -0.970. The molecule has 0 saturated heterocycles. The van der Waals surface area contributed by atoms with Gasteiger partial charge in [-0.25, -0.2) is 0 Å². The van der Waals surface area contributed by atoms with Crippen molar-refractivity contribution >= 4 is 28.4 Å². The maximum absolute atomic E-state index is 10.2. The summed E-state index contributed by atoms with van der Waals surface area (Å²) < 4.78 is 0. The molecule has 1 nitrogen and oxygen atoms in total. The van der Waals surface area contributed by atoms with Crippen molar-refractivity contribution < 1.29 is 4.79 Å². The normalized spacial score (nSPS) is 8.50.